The molecule has 0 bridgehead atoms. The predicted octanol–water partition coefficient (Wildman–Crippen LogP) is 5.55. The first-order chi connectivity index (χ1) is 11.6. The Morgan fingerprint density at radius 3 is 2.08 bits per heavy atom. The van der Waals surface area contributed by atoms with E-state index in [1.165, 1.54) is 0 Å². The van der Waals surface area contributed by atoms with Crippen molar-refractivity contribution in [3.63, 3.8) is 0 Å². The fourth-order valence-electron chi connectivity index (χ4n) is 2.57. The van der Waals surface area contributed by atoms with Gasteiger partial charge in [-0.25, -0.2) is 0 Å². The van der Waals surface area contributed by atoms with Gasteiger partial charge in [-0.05, 0) is 42.2 Å². The summed E-state index contributed by atoms with van der Waals surface area (Å²) in [7, 11) is 1.66. The smallest absolute Gasteiger partial charge is 0.306 e. The van der Waals surface area contributed by atoms with Gasteiger partial charge in [0.05, 0.1) is 7.11 Å². The number of hydrogen-bond donors (Lipinski definition) is 0. The van der Waals surface area contributed by atoms with Crippen molar-refractivity contribution in [2.24, 2.45) is 0 Å². The molecule has 1 atom stereocenters. The van der Waals surface area contributed by atoms with Crippen LogP contribution in [0.1, 0.15) is 51.2 Å². The van der Waals surface area contributed by atoms with Crippen LogP contribution < -0.4 is 4.74 Å². The van der Waals surface area contributed by atoms with E-state index in [1.807, 2.05) is 43.3 Å². The monoisotopic (exact) mass is 326 g/mol. The second-order valence-electron chi connectivity index (χ2n) is 5.94. The number of esters is 1. The number of carbonyl (C=O) groups excluding carboxylic acids is 1. The van der Waals surface area contributed by atoms with E-state index in [1.54, 1.807) is 7.11 Å². The van der Waals surface area contributed by atoms with Gasteiger partial charge in [-0.2, -0.15) is 0 Å². The highest BCUT2D eigenvalue weighted by Gasteiger charge is 2.11. The molecule has 0 aliphatic carbocycles. The van der Waals surface area contributed by atoms with Crippen LogP contribution in [0.15, 0.2) is 48.5 Å². The van der Waals surface area contributed by atoms with E-state index < -0.39 is 0 Å². The first-order valence-corrected chi connectivity index (χ1v) is 8.58. The minimum atomic E-state index is -0.218. The van der Waals surface area contributed by atoms with Crippen LogP contribution in [0.4, 0.5) is 0 Å². The molecular weight excluding hydrogens is 300 g/mol. The van der Waals surface area contributed by atoms with Crippen LogP contribution in [-0.2, 0) is 9.53 Å². The molecule has 2 aromatic rings. The molecule has 24 heavy (non-hydrogen) atoms. The van der Waals surface area contributed by atoms with Crippen molar-refractivity contribution in [1.29, 1.82) is 0 Å². The molecule has 0 aliphatic rings. The molecule has 0 fully saturated rings. The summed E-state index contributed by atoms with van der Waals surface area (Å²) in [6.07, 6.45) is 3.36. The minimum absolute atomic E-state index is 0.116. The molecule has 3 nitrogen and oxygen atoms in total. The van der Waals surface area contributed by atoms with E-state index in [0.29, 0.717) is 6.42 Å². The van der Waals surface area contributed by atoms with Crippen LogP contribution in [0.25, 0.3) is 11.1 Å². The molecule has 0 aromatic heterocycles. The van der Waals surface area contributed by atoms with E-state index >= 15 is 0 Å². The third-order valence-electron chi connectivity index (χ3n) is 4.10. The maximum absolute atomic E-state index is 11.8. The number of benzene rings is 2. The lowest BCUT2D eigenvalue weighted by molar-refractivity contribution is -0.148. The normalized spacial score (nSPS) is 11.8. The fourth-order valence-corrected chi connectivity index (χ4v) is 2.57. The molecule has 0 saturated carbocycles. The van der Waals surface area contributed by atoms with Crippen molar-refractivity contribution in [3.05, 3.63) is 54.1 Å². The summed E-state index contributed by atoms with van der Waals surface area (Å²) >= 11 is 0. The van der Waals surface area contributed by atoms with Crippen LogP contribution in [0.5, 0.6) is 5.75 Å². The summed E-state index contributed by atoms with van der Waals surface area (Å²) in [6.45, 7) is 4.04. The summed E-state index contributed by atoms with van der Waals surface area (Å²) in [5.41, 5.74) is 3.27. The van der Waals surface area contributed by atoms with Crippen LogP contribution in [0.3, 0.4) is 0 Å². The first-order valence-electron chi connectivity index (χ1n) is 8.58. The maximum atomic E-state index is 11.8. The summed E-state index contributed by atoms with van der Waals surface area (Å²) in [4.78, 5) is 11.8. The second-order valence-corrected chi connectivity index (χ2v) is 5.94. The SMILES string of the molecule is CCCCCC(=O)OC(C)c1ccc(-c2ccc(OC)cc2)cc1. The van der Waals surface area contributed by atoms with E-state index in [4.69, 9.17) is 9.47 Å². The number of unbranched alkanes of at least 4 members (excludes halogenated alkanes) is 2. The Kier molecular flexibility index (Phi) is 6.86. The van der Waals surface area contributed by atoms with Crippen molar-refractivity contribution in [2.45, 2.75) is 45.6 Å². The van der Waals surface area contributed by atoms with Gasteiger partial charge >= 0.3 is 5.97 Å². The molecule has 0 N–H and O–H groups in total. The van der Waals surface area contributed by atoms with Crippen molar-refractivity contribution in [1.82, 2.24) is 0 Å². The van der Waals surface area contributed by atoms with E-state index in [2.05, 4.69) is 19.1 Å². The maximum Gasteiger partial charge on any atom is 0.306 e. The van der Waals surface area contributed by atoms with Gasteiger partial charge in [-0.3, -0.25) is 4.79 Å². The van der Waals surface area contributed by atoms with Gasteiger partial charge in [0.1, 0.15) is 11.9 Å². The third kappa shape index (κ3) is 5.12. The Bertz CT molecular complexity index is 629. The molecule has 0 radical (unpaired) electrons. The molecule has 2 aromatic carbocycles. The highest BCUT2D eigenvalue weighted by Crippen LogP contribution is 2.25. The molecule has 0 heterocycles. The van der Waals surface area contributed by atoms with E-state index in [-0.39, 0.29) is 12.1 Å². The molecule has 2 rings (SSSR count). The Labute approximate surface area is 144 Å². The standard InChI is InChI=1S/C21H26O3/c1-4-5-6-7-21(22)24-16(2)17-8-10-18(11-9-17)19-12-14-20(23-3)15-13-19/h8-16H,4-7H2,1-3H3. The lowest BCUT2D eigenvalue weighted by Crippen LogP contribution is -2.08. The van der Waals surface area contributed by atoms with Crippen LogP contribution in [0.2, 0.25) is 0 Å². The van der Waals surface area contributed by atoms with Crippen LogP contribution >= 0.6 is 0 Å². The Morgan fingerprint density at radius 1 is 0.958 bits per heavy atom. The van der Waals surface area contributed by atoms with Crippen LogP contribution in [0, 0.1) is 0 Å². The lowest BCUT2D eigenvalue weighted by Gasteiger charge is -2.14. The van der Waals surface area contributed by atoms with Gasteiger partial charge in [-0.15, -0.1) is 0 Å². The Balaban J connectivity index is 1.96. The Morgan fingerprint density at radius 2 is 1.54 bits per heavy atom. The van der Waals surface area contributed by atoms with Gasteiger partial charge in [0.15, 0.2) is 0 Å². The number of methoxy groups -OCH3 is 1. The second kappa shape index (κ2) is 9.11. The van der Waals surface area contributed by atoms with Crippen molar-refractivity contribution < 1.29 is 14.3 Å². The van der Waals surface area contributed by atoms with Crippen LogP contribution in [-0.4, -0.2) is 13.1 Å². The molecule has 0 spiro atoms. The molecule has 0 saturated heterocycles. The van der Waals surface area contributed by atoms with Crippen molar-refractivity contribution in [3.8, 4) is 16.9 Å². The van der Waals surface area contributed by atoms with Crippen molar-refractivity contribution >= 4 is 5.97 Å². The summed E-state index contributed by atoms with van der Waals surface area (Å²) in [6, 6.07) is 16.1. The highest BCUT2D eigenvalue weighted by atomic mass is 16.5. The highest BCUT2D eigenvalue weighted by molar-refractivity contribution is 5.69. The topological polar surface area (TPSA) is 35.5 Å². The van der Waals surface area contributed by atoms with Gasteiger partial charge in [0, 0.05) is 6.42 Å². The van der Waals surface area contributed by atoms with Gasteiger partial charge in [-0.1, -0.05) is 56.2 Å². The first kappa shape index (κ1) is 18.1. The zero-order valence-corrected chi connectivity index (χ0v) is 14.7. The molecule has 1 unspecified atom stereocenters. The molecule has 0 aliphatic heterocycles. The molecule has 128 valence electrons. The minimum Gasteiger partial charge on any atom is -0.497 e. The van der Waals surface area contributed by atoms with Gasteiger partial charge < -0.3 is 9.47 Å². The summed E-state index contributed by atoms with van der Waals surface area (Å²) in [5, 5.41) is 0. The molecule has 3 heteroatoms. The predicted molar refractivity (Wildman–Crippen MR) is 97.1 cm³/mol. The van der Waals surface area contributed by atoms with Gasteiger partial charge in [0.25, 0.3) is 0 Å². The molecule has 0 amide bonds. The zero-order valence-electron chi connectivity index (χ0n) is 14.7. The Hall–Kier alpha value is -2.29. The summed E-state index contributed by atoms with van der Waals surface area (Å²) < 4.78 is 10.7. The van der Waals surface area contributed by atoms with Gasteiger partial charge in [0.2, 0.25) is 0 Å². The largest absolute Gasteiger partial charge is 0.497 e. The van der Waals surface area contributed by atoms with E-state index in [9.17, 15) is 4.79 Å². The number of carbonyl (C=O) groups is 1. The lowest BCUT2D eigenvalue weighted by atomic mass is 10.0. The average Bonchev–Trinajstić information content (AvgIpc) is 2.62. The zero-order chi connectivity index (χ0) is 17.4. The third-order valence-corrected chi connectivity index (χ3v) is 4.10. The summed E-state index contributed by atoms with van der Waals surface area (Å²) in [5.74, 6) is 0.731. The average molecular weight is 326 g/mol. The number of hydrogen-bond acceptors (Lipinski definition) is 3. The molecular formula is C21H26O3. The fraction of sp³-hybridized carbons (Fsp3) is 0.381. The quantitative estimate of drug-likeness (QED) is 0.471. The van der Waals surface area contributed by atoms with E-state index in [0.717, 1.165) is 41.7 Å². The van der Waals surface area contributed by atoms with Crippen molar-refractivity contribution in [2.75, 3.05) is 7.11 Å². The number of ether oxygens (including phenoxy) is 2. The number of rotatable bonds is 8.